The Balaban J connectivity index is 0.00000529. The molecule has 138 valence electrons. The zero-order valence-electron chi connectivity index (χ0n) is 15.2. The van der Waals surface area contributed by atoms with Crippen molar-refractivity contribution >= 4 is 29.9 Å². The summed E-state index contributed by atoms with van der Waals surface area (Å²) in [6.45, 7) is 7.11. The van der Waals surface area contributed by atoms with Gasteiger partial charge in [-0.3, -0.25) is 4.99 Å². The zero-order valence-corrected chi connectivity index (χ0v) is 17.6. The minimum atomic E-state index is -0.239. The van der Waals surface area contributed by atoms with Crippen molar-refractivity contribution in [1.29, 1.82) is 0 Å². The Morgan fingerprint density at radius 2 is 1.88 bits per heavy atom. The zero-order chi connectivity index (χ0) is 17.3. The van der Waals surface area contributed by atoms with Crippen LogP contribution in [-0.4, -0.2) is 57.3 Å². The van der Waals surface area contributed by atoms with E-state index >= 15 is 0 Å². The third-order valence-corrected chi connectivity index (χ3v) is 3.61. The average molecular weight is 452 g/mol. The van der Waals surface area contributed by atoms with Gasteiger partial charge in [0.1, 0.15) is 5.82 Å². The molecular weight excluding hydrogens is 422 g/mol. The van der Waals surface area contributed by atoms with Crippen LogP contribution in [-0.2, 0) is 11.3 Å². The van der Waals surface area contributed by atoms with Gasteiger partial charge < -0.3 is 20.3 Å². The van der Waals surface area contributed by atoms with Gasteiger partial charge in [-0.15, -0.1) is 24.0 Å². The molecule has 0 saturated carbocycles. The first kappa shape index (κ1) is 23.1. The van der Waals surface area contributed by atoms with E-state index in [0.29, 0.717) is 6.54 Å². The normalized spacial score (nSPS) is 12.0. The number of aliphatic imine (C=N–C) groups is 1. The number of ether oxygens (including phenoxy) is 1. The van der Waals surface area contributed by atoms with Crippen LogP contribution in [0.25, 0.3) is 0 Å². The van der Waals surface area contributed by atoms with Gasteiger partial charge in [0, 0.05) is 40.3 Å². The Hall–Kier alpha value is -0.930. The van der Waals surface area contributed by atoms with Gasteiger partial charge in [-0.2, -0.15) is 0 Å². The molecule has 0 aliphatic carbocycles. The fourth-order valence-corrected chi connectivity index (χ4v) is 1.94. The highest BCUT2D eigenvalue weighted by Crippen LogP contribution is 2.05. The molecule has 1 rings (SSSR count). The second-order valence-electron chi connectivity index (χ2n) is 6.18. The number of nitrogens with one attached hydrogen (secondary N) is 2. The topological polar surface area (TPSA) is 48.9 Å². The second-order valence-corrected chi connectivity index (χ2v) is 6.18. The van der Waals surface area contributed by atoms with E-state index in [-0.39, 0.29) is 35.4 Å². The number of methoxy groups -OCH3 is 1. The summed E-state index contributed by atoms with van der Waals surface area (Å²) >= 11 is 0. The van der Waals surface area contributed by atoms with Crippen molar-refractivity contribution in [3.05, 3.63) is 35.6 Å². The first-order valence-electron chi connectivity index (χ1n) is 7.79. The molecule has 0 aliphatic rings. The Morgan fingerprint density at radius 1 is 1.25 bits per heavy atom. The highest BCUT2D eigenvalue weighted by atomic mass is 127. The quantitative estimate of drug-likeness (QED) is 0.362. The maximum atomic E-state index is 12.9. The van der Waals surface area contributed by atoms with E-state index in [9.17, 15) is 4.39 Å². The summed E-state index contributed by atoms with van der Waals surface area (Å²) in [5, 5.41) is 6.52. The lowest BCUT2D eigenvalue weighted by Gasteiger charge is -2.25. The summed E-state index contributed by atoms with van der Waals surface area (Å²) in [5.41, 5.74) is 0.857. The number of rotatable bonds is 8. The van der Waals surface area contributed by atoms with Crippen LogP contribution in [0.3, 0.4) is 0 Å². The molecular formula is C17H30FIN4O. The Labute approximate surface area is 162 Å². The van der Waals surface area contributed by atoms with Gasteiger partial charge in [0.05, 0.1) is 5.60 Å². The smallest absolute Gasteiger partial charge is 0.191 e. The first-order valence-corrected chi connectivity index (χ1v) is 7.79. The largest absolute Gasteiger partial charge is 0.377 e. The number of hydrogen-bond acceptors (Lipinski definition) is 3. The number of guanidine groups is 1. The maximum Gasteiger partial charge on any atom is 0.191 e. The van der Waals surface area contributed by atoms with Gasteiger partial charge in [0.2, 0.25) is 0 Å². The van der Waals surface area contributed by atoms with Crippen molar-refractivity contribution in [3.8, 4) is 0 Å². The van der Waals surface area contributed by atoms with Crippen LogP contribution in [0.2, 0.25) is 0 Å². The van der Waals surface area contributed by atoms with Gasteiger partial charge in [-0.25, -0.2) is 4.39 Å². The van der Waals surface area contributed by atoms with Crippen molar-refractivity contribution in [2.45, 2.75) is 26.0 Å². The van der Waals surface area contributed by atoms with Crippen LogP contribution in [0.15, 0.2) is 29.3 Å². The second kappa shape index (κ2) is 11.6. The predicted molar refractivity (Wildman–Crippen MR) is 109 cm³/mol. The minimum Gasteiger partial charge on any atom is -0.377 e. The van der Waals surface area contributed by atoms with Gasteiger partial charge in [-0.1, -0.05) is 12.1 Å². The number of likely N-dealkylation sites (N-methyl/N-ethyl adjacent to an activating group) is 1. The third kappa shape index (κ3) is 9.39. The molecule has 24 heavy (non-hydrogen) atoms. The number of nitrogens with zero attached hydrogens (tertiary/aromatic N) is 2. The van der Waals surface area contributed by atoms with Gasteiger partial charge in [0.15, 0.2) is 5.96 Å². The van der Waals surface area contributed by atoms with E-state index in [1.165, 1.54) is 12.1 Å². The molecule has 0 atom stereocenters. The van der Waals surface area contributed by atoms with Crippen molar-refractivity contribution in [3.63, 3.8) is 0 Å². The fraction of sp³-hybridized carbons (Fsp3) is 0.588. The maximum absolute atomic E-state index is 12.9. The highest BCUT2D eigenvalue weighted by molar-refractivity contribution is 14.0. The van der Waals surface area contributed by atoms with E-state index in [4.69, 9.17) is 4.74 Å². The minimum absolute atomic E-state index is 0. The molecule has 0 unspecified atom stereocenters. The predicted octanol–water partition coefficient (Wildman–Crippen LogP) is 2.47. The van der Waals surface area contributed by atoms with Gasteiger partial charge in [0.25, 0.3) is 0 Å². The molecule has 2 N–H and O–H groups in total. The van der Waals surface area contributed by atoms with Crippen molar-refractivity contribution in [1.82, 2.24) is 15.5 Å². The summed E-state index contributed by atoms with van der Waals surface area (Å²) in [6.07, 6.45) is 0. The molecule has 5 nitrogen and oxygen atoms in total. The van der Waals surface area contributed by atoms with Gasteiger partial charge in [-0.05, 0) is 38.6 Å². The molecule has 0 spiro atoms. The molecule has 0 saturated heterocycles. The van der Waals surface area contributed by atoms with Gasteiger partial charge >= 0.3 is 0 Å². The lowest BCUT2D eigenvalue weighted by molar-refractivity contribution is 0.0268. The Morgan fingerprint density at radius 3 is 2.42 bits per heavy atom. The summed E-state index contributed by atoms with van der Waals surface area (Å²) in [4.78, 5) is 6.37. The highest BCUT2D eigenvalue weighted by Gasteiger charge is 2.16. The summed E-state index contributed by atoms with van der Waals surface area (Å²) in [5.74, 6) is 0.553. The number of hydrogen-bond donors (Lipinski definition) is 2. The standard InChI is InChI=1S/C17H29FN4O.HI/c1-17(2,23-5)13-21-16(19-3)20-10-11-22(4)12-14-6-8-15(18)9-7-14;/h6-9H,10-13H2,1-5H3,(H2,19,20,21);1H. The Bertz CT molecular complexity index is 494. The molecule has 0 aromatic heterocycles. The van der Waals surface area contributed by atoms with E-state index < -0.39 is 0 Å². The van der Waals surface area contributed by atoms with Crippen molar-refractivity contribution in [2.75, 3.05) is 40.8 Å². The van der Waals surface area contributed by atoms with Crippen molar-refractivity contribution < 1.29 is 9.13 Å². The summed E-state index contributed by atoms with van der Waals surface area (Å²) in [6, 6.07) is 6.61. The van der Waals surface area contributed by atoms with Crippen molar-refractivity contribution in [2.24, 2.45) is 4.99 Å². The van der Waals surface area contributed by atoms with E-state index in [1.807, 2.05) is 33.0 Å². The fourth-order valence-electron chi connectivity index (χ4n) is 1.94. The lowest BCUT2D eigenvalue weighted by Crippen LogP contribution is -2.46. The molecule has 7 heteroatoms. The lowest BCUT2D eigenvalue weighted by atomic mass is 10.1. The van der Waals surface area contributed by atoms with Crippen LogP contribution in [0.4, 0.5) is 4.39 Å². The summed E-state index contributed by atoms with van der Waals surface area (Å²) < 4.78 is 18.3. The van der Waals surface area contributed by atoms with E-state index in [1.54, 1.807) is 14.2 Å². The van der Waals surface area contributed by atoms with Crippen LogP contribution in [0.5, 0.6) is 0 Å². The average Bonchev–Trinajstić information content (AvgIpc) is 2.53. The van der Waals surface area contributed by atoms with Crippen LogP contribution in [0, 0.1) is 5.82 Å². The van der Waals surface area contributed by atoms with Crippen LogP contribution >= 0.6 is 24.0 Å². The molecule has 0 heterocycles. The summed E-state index contributed by atoms with van der Waals surface area (Å²) in [7, 11) is 5.48. The molecule has 0 fully saturated rings. The molecule has 0 amide bonds. The molecule has 0 aliphatic heterocycles. The SMILES string of the molecule is CN=C(NCCN(C)Cc1ccc(F)cc1)NCC(C)(C)OC.I. The van der Waals surface area contributed by atoms with E-state index in [2.05, 4.69) is 20.5 Å². The Kier molecular flexibility index (Phi) is 11.1. The van der Waals surface area contributed by atoms with Crippen LogP contribution in [0.1, 0.15) is 19.4 Å². The monoisotopic (exact) mass is 452 g/mol. The molecule has 1 aromatic rings. The van der Waals surface area contributed by atoms with E-state index in [0.717, 1.165) is 31.2 Å². The molecule has 0 bridgehead atoms. The van der Waals surface area contributed by atoms with Crippen LogP contribution < -0.4 is 10.6 Å². The number of halogens is 2. The number of benzene rings is 1. The third-order valence-electron chi connectivity index (χ3n) is 3.61. The molecule has 0 radical (unpaired) electrons. The molecule has 1 aromatic carbocycles. The first-order chi connectivity index (χ1) is 10.9.